The summed E-state index contributed by atoms with van der Waals surface area (Å²) >= 11 is 0. The SMILES string of the molecule is CC(=O)N[C@H]1[C@H](O[C@@H]2[C@@H](O)[C@@H](O[C@@H]3O[C@H](CO)[C@@H](O)[C@H](O)[C@H]3NC(C)=O)[C@@H](CO)O[C@H]2O)O[C@H](CO)[C@@H](O)[C@@H]1O. The first-order valence-corrected chi connectivity index (χ1v) is 12.6. The second kappa shape index (κ2) is 14.0. The highest BCUT2D eigenvalue weighted by atomic mass is 16.7. The Labute approximate surface area is 228 Å². The molecule has 3 saturated heterocycles. The van der Waals surface area contributed by atoms with Crippen LogP contribution in [0.5, 0.6) is 0 Å². The lowest BCUT2D eigenvalue weighted by molar-refractivity contribution is -0.369. The Morgan fingerprint density at radius 3 is 1.38 bits per heavy atom. The summed E-state index contributed by atoms with van der Waals surface area (Å²) in [6.45, 7) is -0.114. The lowest BCUT2D eigenvalue weighted by atomic mass is 9.94. The average Bonchev–Trinajstić information content (AvgIpc) is 2.90. The molecule has 0 bridgehead atoms. The van der Waals surface area contributed by atoms with Crippen molar-refractivity contribution in [2.24, 2.45) is 0 Å². The summed E-state index contributed by atoms with van der Waals surface area (Å²) < 4.78 is 27.7. The van der Waals surface area contributed by atoms with Crippen molar-refractivity contribution in [3.63, 3.8) is 0 Å². The van der Waals surface area contributed by atoms with Crippen molar-refractivity contribution in [1.82, 2.24) is 10.6 Å². The fraction of sp³-hybridized carbons (Fsp3) is 0.909. The van der Waals surface area contributed by atoms with Gasteiger partial charge in [-0.05, 0) is 0 Å². The van der Waals surface area contributed by atoms with Crippen molar-refractivity contribution in [2.45, 2.75) is 106 Å². The molecular weight excluding hydrogens is 548 g/mol. The van der Waals surface area contributed by atoms with Crippen LogP contribution in [0.4, 0.5) is 0 Å². The van der Waals surface area contributed by atoms with Crippen molar-refractivity contribution < 1.29 is 79.2 Å². The summed E-state index contributed by atoms with van der Waals surface area (Å²) in [5.74, 6) is -1.31. The highest BCUT2D eigenvalue weighted by Gasteiger charge is 2.54. The second-order valence-electron chi connectivity index (χ2n) is 9.81. The van der Waals surface area contributed by atoms with Gasteiger partial charge < -0.3 is 80.3 Å². The van der Waals surface area contributed by atoms with E-state index in [0.29, 0.717) is 0 Å². The highest BCUT2D eigenvalue weighted by molar-refractivity contribution is 5.73. The van der Waals surface area contributed by atoms with E-state index in [9.17, 15) is 55.5 Å². The molecular formula is C22H38N2O16. The minimum absolute atomic E-state index is 0.649. The molecule has 0 unspecified atom stereocenters. The third-order valence-corrected chi connectivity index (χ3v) is 6.90. The average molecular weight is 587 g/mol. The first kappa shape index (κ1) is 32.9. The van der Waals surface area contributed by atoms with Gasteiger partial charge in [-0.25, -0.2) is 0 Å². The van der Waals surface area contributed by atoms with E-state index in [2.05, 4.69) is 10.6 Å². The summed E-state index contributed by atoms with van der Waals surface area (Å²) in [4.78, 5) is 23.4. The lowest BCUT2D eigenvalue weighted by Crippen LogP contribution is -2.69. The zero-order chi connectivity index (χ0) is 29.9. The Balaban J connectivity index is 1.86. The van der Waals surface area contributed by atoms with Gasteiger partial charge in [0, 0.05) is 13.8 Å². The van der Waals surface area contributed by atoms with E-state index in [-0.39, 0.29) is 0 Å². The highest BCUT2D eigenvalue weighted by Crippen LogP contribution is 2.32. The lowest BCUT2D eigenvalue weighted by Gasteiger charge is -2.49. The molecule has 15 atom stereocenters. The molecule has 3 aliphatic rings. The third-order valence-electron chi connectivity index (χ3n) is 6.90. The van der Waals surface area contributed by atoms with Gasteiger partial charge in [0.25, 0.3) is 0 Å². The van der Waals surface area contributed by atoms with Crippen LogP contribution in [-0.4, -0.2) is 170 Å². The third kappa shape index (κ3) is 7.05. The molecule has 0 radical (unpaired) electrons. The quantitative estimate of drug-likeness (QED) is 0.120. The molecule has 2 amide bonds. The van der Waals surface area contributed by atoms with Gasteiger partial charge in [0.1, 0.15) is 73.1 Å². The van der Waals surface area contributed by atoms with E-state index >= 15 is 0 Å². The van der Waals surface area contributed by atoms with Gasteiger partial charge in [-0.2, -0.15) is 0 Å². The van der Waals surface area contributed by atoms with Gasteiger partial charge >= 0.3 is 0 Å². The molecule has 3 aliphatic heterocycles. The van der Waals surface area contributed by atoms with E-state index < -0.39 is 124 Å². The van der Waals surface area contributed by atoms with Crippen molar-refractivity contribution in [3.05, 3.63) is 0 Å². The maximum absolute atomic E-state index is 11.7. The van der Waals surface area contributed by atoms with Gasteiger partial charge in [-0.3, -0.25) is 9.59 Å². The molecule has 40 heavy (non-hydrogen) atoms. The van der Waals surface area contributed by atoms with Gasteiger partial charge in [-0.1, -0.05) is 0 Å². The van der Waals surface area contributed by atoms with Crippen LogP contribution in [0.15, 0.2) is 0 Å². The van der Waals surface area contributed by atoms with Crippen molar-refractivity contribution in [1.29, 1.82) is 0 Å². The first-order chi connectivity index (χ1) is 18.8. The van der Waals surface area contributed by atoms with Gasteiger partial charge in [0.15, 0.2) is 18.9 Å². The fourth-order valence-electron chi connectivity index (χ4n) is 4.86. The summed E-state index contributed by atoms with van der Waals surface area (Å²) in [5.41, 5.74) is 0. The van der Waals surface area contributed by atoms with Gasteiger partial charge in [-0.15, -0.1) is 0 Å². The van der Waals surface area contributed by atoms with Gasteiger partial charge in [0.2, 0.25) is 11.8 Å². The van der Waals surface area contributed by atoms with Crippen LogP contribution in [0.25, 0.3) is 0 Å². The van der Waals surface area contributed by atoms with E-state index in [1.165, 1.54) is 0 Å². The summed E-state index contributed by atoms with van der Waals surface area (Å²) in [6.07, 6.45) is -21.3. The number of carbonyl (C=O) groups excluding carboxylic acids is 2. The zero-order valence-corrected chi connectivity index (χ0v) is 21.7. The molecule has 18 nitrogen and oxygen atoms in total. The number of nitrogens with one attached hydrogen (secondary N) is 2. The summed E-state index contributed by atoms with van der Waals surface area (Å²) in [7, 11) is 0. The Hall–Kier alpha value is -1.62. The Morgan fingerprint density at radius 1 is 0.600 bits per heavy atom. The molecule has 0 saturated carbocycles. The largest absolute Gasteiger partial charge is 0.394 e. The van der Waals surface area contributed by atoms with Crippen LogP contribution < -0.4 is 10.6 Å². The Morgan fingerprint density at radius 2 is 1.00 bits per heavy atom. The predicted octanol–water partition coefficient (Wildman–Crippen LogP) is -7.29. The van der Waals surface area contributed by atoms with Crippen LogP contribution >= 0.6 is 0 Å². The van der Waals surface area contributed by atoms with Crippen LogP contribution in [-0.2, 0) is 33.3 Å². The van der Waals surface area contributed by atoms with E-state index in [1.54, 1.807) is 0 Å². The molecule has 18 heteroatoms. The molecule has 0 spiro atoms. The molecule has 3 rings (SSSR count). The van der Waals surface area contributed by atoms with E-state index in [4.69, 9.17) is 23.7 Å². The number of hydrogen-bond acceptors (Lipinski definition) is 16. The maximum Gasteiger partial charge on any atom is 0.217 e. The molecule has 11 N–H and O–H groups in total. The number of hydrogen-bond donors (Lipinski definition) is 11. The molecule has 3 heterocycles. The monoisotopic (exact) mass is 586 g/mol. The molecule has 0 aliphatic carbocycles. The normalized spacial score (nSPS) is 46.0. The van der Waals surface area contributed by atoms with Crippen LogP contribution in [0, 0.1) is 0 Å². The number of amides is 2. The van der Waals surface area contributed by atoms with Crippen molar-refractivity contribution in [2.75, 3.05) is 19.8 Å². The smallest absolute Gasteiger partial charge is 0.217 e. The molecule has 0 aromatic heterocycles. The molecule has 232 valence electrons. The van der Waals surface area contributed by atoms with Crippen LogP contribution in [0.2, 0.25) is 0 Å². The summed E-state index contributed by atoms with van der Waals surface area (Å²) in [6, 6.07) is -2.85. The number of aliphatic hydroxyl groups is 9. The van der Waals surface area contributed by atoms with E-state index in [1.807, 2.05) is 0 Å². The number of ether oxygens (including phenoxy) is 5. The minimum atomic E-state index is -1.94. The maximum atomic E-state index is 11.7. The molecule has 0 aromatic rings. The minimum Gasteiger partial charge on any atom is -0.394 e. The fourth-order valence-corrected chi connectivity index (χ4v) is 4.86. The van der Waals surface area contributed by atoms with Gasteiger partial charge in [0.05, 0.1) is 19.8 Å². The predicted molar refractivity (Wildman–Crippen MR) is 124 cm³/mol. The van der Waals surface area contributed by atoms with Crippen LogP contribution in [0.3, 0.4) is 0 Å². The number of carbonyl (C=O) groups is 2. The molecule has 3 fully saturated rings. The zero-order valence-electron chi connectivity index (χ0n) is 21.7. The molecule has 0 aromatic carbocycles. The second-order valence-corrected chi connectivity index (χ2v) is 9.81. The van der Waals surface area contributed by atoms with Crippen molar-refractivity contribution in [3.8, 4) is 0 Å². The summed E-state index contributed by atoms with van der Waals surface area (Å²) in [5, 5.41) is 96.7. The van der Waals surface area contributed by atoms with E-state index in [0.717, 1.165) is 13.8 Å². The number of rotatable bonds is 9. The van der Waals surface area contributed by atoms with Crippen LogP contribution in [0.1, 0.15) is 13.8 Å². The first-order valence-electron chi connectivity index (χ1n) is 12.6. The standard InChI is InChI=1S/C22H38N2O16/c1-6(28)23-11-15(32)13(30)8(3-25)37-21(11)39-18-10(5-27)36-20(35)19(17(18)34)40-22-12(24-7(2)29)16(33)14(31)9(4-26)38-22/h8-22,25-27,30-35H,3-5H2,1-2H3,(H,23,28)(H,24,29)/t8-,9-,10-,11-,12-,13-,14-,15-,16-,17+,18+,19-,20-,21+,22+/m1/s1. The van der Waals surface area contributed by atoms with Crippen molar-refractivity contribution >= 4 is 11.8 Å². The topological polar surface area (TPSA) is 286 Å². The number of aliphatic hydroxyl groups excluding tert-OH is 9. The Bertz CT molecular complexity index is 854. The Kier molecular flexibility index (Phi) is 11.5.